The lowest BCUT2D eigenvalue weighted by molar-refractivity contribution is -0.870. The maximum absolute atomic E-state index is 12.9. The van der Waals surface area contributed by atoms with E-state index < -0.39 is 24.3 Å². The molecule has 2 unspecified atom stereocenters. The fraction of sp³-hybridized carbons (Fsp3) is 0.726. The third kappa shape index (κ3) is 54.1. The van der Waals surface area contributed by atoms with E-state index in [0.717, 1.165) is 96.3 Å². The highest BCUT2D eigenvalue weighted by molar-refractivity contribution is 5.70. The number of nitrogens with zero attached hydrogens (tertiary/aromatic N) is 1. The Bertz CT molecular complexity index is 1440. The monoisotopic (exact) mass is 994 g/mol. The molecule has 0 amide bonds. The van der Waals surface area contributed by atoms with Crippen molar-refractivity contribution in [3.63, 3.8) is 0 Å². The summed E-state index contributed by atoms with van der Waals surface area (Å²) in [6, 6.07) is 0. The first kappa shape index (κ1) is 67.5. The number of allylic oxidation sites excluding steroid dienone is 14. The van der Waals surface area contributed by atoms with Crippen molar-refractivity contribution in [3.05, 3.63) is 85.1 Å². The summed E-state index contributed by atoms with van der Waals surface area (Å²) < 4.78 is 22.7. The van der Waals surface area contributed by atoms with E-state index in [2.05, 4.69) is 98.9 Å². The zero-order valence-electron chi connectivity index (χ0n) is 46.3. The Hall–Kier alpha value is -3.53. The van der Waals surface area contributed by atoms with Crippen LogP contribution >= 0.6 is 0 Å². The summed E-state index contributed by atoms with van der Waals surface area (Å²) in [6.07, 6.45) is 66.3. The molecule has 0 aromatic heterocycles. The molecule has 0 aromatic carbocycles. The summed E-state index contributed by atoms with van der Waals surface area (Å²) in [5, 5.41) is 11.8. The van der Waals surface area contributed by atoms with Crippen molar-refractivity contribution in [1.82, 2.24) is 0 Å². The zero-order chi connectivity index (χ0) is 52.0. The van der Waals surface area contributed by atoms with E-state index in [1.165, 1.54) is 103 Å². The fourth-order valence-electron chi connectivity index (χ4n) is 7.78. The predicted octanol–water partition coefficient (Wildman–Crippen LogP) is 15.5. The largest absolute Gasteiger partial charge is 0.545 e. The van der Waals surface area contributed by atoms with Crippen LogP contribution in [0.25, 0.3) is 0 Å². The topological polar surface area (TPSA) is 111 Å². The first-order valence-electron chi connectivity index (χ1n) is 28.7. The minimum atomic E-state index is -1.63. The number of rotatable bonds is 52. The standard InChI is InChI=1S/C62H107NO8/c1-6-8-10-12-14-16-18-20-22-24-25-26-27-28-29-30-31-32-33-34-35-37-39-41-43-45-47-49-51-53-60(65)71-58(57-70-62(61(66)67)68-55-54-63(3,4)5)56-69-59(64)52-50-48-46-44-42-40-38-36-23-21-19-17-15-13-11-9-7-2/h8-11,14-17,20-23,25-26,58,62H,6-7,12-13,18-19,24,27-57H2,1-5H3/b10-8-,11-9-,16-14-,17-15-,22-20-,23-21-,26-25-. The first-order chi connectivity index (χ1) is 34.6. The smallest absolute Gasteiger partial charge is 0.306 e. The Morgan fingerprint density at radius 3 is 1.13 bits per heavy atom. The zero-order valence-corrected chi connectivity index (χ0v) is 46.3. The Morgan fingerprint density at radius 1 is 0.423 bits per heavy atom. The number of carboxylic acids is 1. The van der Waals surface area contributed by atoms with E-state index in [-0.39, 0.29) is 38.6 Å². The van der Waals surface area contributed by atoms with E-state index in [1.54, 1.807) is 0 Å². The number of carbonyl (C=O) groups excluding carboxylic acids is 3. The average Bonchev–Trinajstić information content (AvgIpc) is 3.34. The van der Waals surface area contributed by atoms with Gasteiger partial charge in [0.2, 0.25) is 0 Å². The molecule has 0 fully saturated rings. The number of hydrogen-bond acceptors (Lipinski definition) is 8. The molecule has 0 spiro atoms. The van der Waals surface area contributed by atoms with Gasteiger partial charge in [0.25, 0.3) is 0 Å². The van der Waals surface area contributed by atoms with Crippen molar-refractivity contribution in [3.8, 4) is 0 Å². The number of carboxylic acid groups (broad SMARTS) is 1. The van der Waals surface area contributed by atoms with Crippen LogP contribution < -0.4 is 5.11 Å². The number of hydrogen-bond donors (Lipinski definition) is 0. The summed E-state index contributed by atoms with van der Waals surface area (Å²) in [5.41, 5.74) is 0. The van der Waals surface area contributed by atoms with Gasteiger partial charge in [-0.05, 0) is 83.5 Å². The van der Waals surface area contributed by atoms with Crippen molar-refractivity contribution in [2.45, 2.75) is 245 Å². The molecule has 408 valence electrons. The molecule has 0 saturated carbocycles. The van der Waals surface area contributed by atoms with Crippen LogP contribution in [0.3, 0.4) is 0 Å². The van der Waals surface area contributed by atoms with Gasteiger partial charge in [-0.2, -0.15) is 0 Å². The molecule has 71 heavy (non-hydrogen) atoms. The molecule has 0 N–H and O–H groups in total. The van der Waals surface area contributed by atoms with E-state index in [0.29, 0.717) is 17.4 Å². The minimum Gasteiger partial charge on any atom is -0.545 e. The summed E-state index contributed by atoms with van der Waals surface area (Å²) >= 11 is 0. The van der Waals surface area contributed by atoms with Crippen molar-refractivity contribution in [2.24, 2.45) is 0 Å². The Balaban J connectivity index is 4.20. The molecule has 0 aliphatic carbocycles. The molecule has 0 radical (unpaired) electrons. The van der Waals surface area contributed by atoms with Gasteiger partial charge in [-0.3, -0.25) is 9.59 Å². The van der Waals surface area contributed by atoms with Crippen LogP contribution in [-0.4, -0.2) is 82.3 Å². The van der Waals surface area contributed by atoms with Gasteiger partial charge in [0.15, 0.2) is 12.4 Å². The molecule has 0 aliphatic heterocycles. The predicted molar refractivity (Wildman–Crippen MR) is 297 cm³/mol. The highest BCUT2D eigenvalue weighted by Gasteiger charge is 2.22. The molecule has 0 aliphatic rings. The van der Waals surface area contributed by atoms with E-state index in [4.69, 9.17) is 18.9 Å². The van der Waals surface area contributed by atoms with Crippen LogP contribution in [0.4, 0.5) is 0 Å². The Kier molecular flexibility index (Phi) is 50.2. The van der Waals surface area contributed by atoms with Crippen molar-refractivity contribution < 1.29 is 42.9 Å². The summed E-state index contributed by atoms with van der Waals surface area (Å²) in [5.74, 6) is -2.30. The third-order valence-electron chi connectivity index (χ3n) is 12.1. The second-order valence-electron chi connectivity index (χ2n) is 20.2. The van der Waals surface area contributed by atoms with Crippen molar-refractivity contribution in [1.29, 1.82) is 0 Å². The Morgan fingerprint density at radius 2 is 0.761 bits per heavy atom. The molecule has 0 rings (SSSR count). The van der Waals surface area contributed by atoms with E-state index in [1.807, 2.05) is 21.1 Å². The average molecular weight is 995 g/mol. The van der Waals surface area contributed by atoms with Gasteiger partial charge in [-0.25, -0.2) is 0 Å². The van der Waals surface area contributed by atoms with Gasteiger partial charge in [-0.1, -0.05) is 221 Å². The van der Waals surface area contributed by atoms with Crippen LogP contribution in [0.2, 0.25) is 0 Å². The SMILES string of the molecule is CC/C=C\C/C=C\C/C=C\C/C=C\CCCCCCCCCCCCCCCCCCC(=O)OC(COC(=O)CCCCCCCCC/C=C\C/C=C\C/C=C\CC)COC(OCC[N+](C)(C)C)C(=O)[O-]. The lowest BCUT2D eigenvalue weighted by atomic mass is 10.0. The molecule has 0 bridgehead atoms. The summed E-state index contributed by atoms with van der Waals surface area (Å²) in [7, 11) is 5.91. The van der Waals surface area contributed by atoms with Gasteiger partial charge in [0.1, 0.15) is 13.2 Å². The van der Waals surface area contributed by atoms with Crippen molar-refractivity contribution >= 4 is 17.9 Å². The van der Waals surface area contributed by atoms with Crippen LogP contribution in [0, 0.1) is 0 Å². The molecule has 0 heterocycles. The molecule has 9 nitrogen and oxygen atoms in total. The van der Waals surface area contributed by atoms with Gasteiger partial charge in [0, 0.05) is 12.8 Å². The van der Waals surface area contributed by atoms with Crippen LogP contribution in [0.15, 0.2) is 85.1 Å². The van der Waals surface area contributed by atoms with E-state index in [9.17, 15) is 19.5 Å². The second-order valence-corrected chi connectivity index (χ2v) is 20.2. The number of carbonyl (C=O) groups is 3. The lowest BCUT2D eigenvalue weighted by Gasteiger charge is -2.26. The highest BCUT2D eigenvalue weighted by atomic mass is 16.7. The number of ether oxygens (including phenoxy) is 4. The second kappa shape index (κ2) is 52.8. The Labute approximate surface area is 436 Å². The summed E-state index contributed by atoms with van der Waals surface area (Å²) in [4.78, 5) is 37.3. The van der Waals surface area contributed by atoms with Crippen molar-refractivity contribution in [2.75, 3.05) is 47.5 Å². The van der Waals surface area contributed by atoms with Gasteiger partial charge in [-0.15, -0.1) is 0 Å². The van der Waals surface area contributed by atoms with E-state index >= 15 is 0 Å². The normalized spacial score (nSPS) is 13.4. The lowest BCUT2D eigenvalue weighted by Crippen LogP contribution is -2.44. The maximum atomic E-state index is 12.9. The van der Waals surface area contributed by atoms with Gasteiger partial charge in [0.05, 0.1) is 40.3 Å². The molecule has 0 saturated heterocycles. The highest BCUT2D eigenvalue weighted by Crippen LogP contribution is 2.16. The number of esters is 2. The number of unbranched alkanes of at least 4 members (excludes halogenated alkanes) is 23. The van der Waals surface area contributed by atoms with Crippen LogP contribution in [0.5, 0.6) is 0 Å². The quantitative estimate of drug-likeness (QED) is 0.0195. The summed E-state index contributed by atoms with van der Waals surface area (Å²) in [6.45, 7) is 4.52. The molecule has 0 aromatic rings. The molecule has 2 atom stereocenters. The van der Waals surface area contributed by atoms with Crippen LogP contribution in [-0.2, 0) is 33.3 Å². The number of likely N-dealkylation sites (N-methyl/N-ethyl adjacent to an activating group) is 1. The maximum Gasteiger partial charge on any atom is 0.306 e. The van der Waals surface area contributed by atoms with Gasteiger partial charge < -0.3 is 33.3 Å². The van der Waals surface area contributed by atoms with Gasteiger partial charge >= 0.3 is 11.9 Å². The number of quaternary nitrogens is 1. The molecular weight excluding hydrogens is 887 g/mol. The fourth-order valence-corrected chi connectivity index (χ4v) is 7.78. The molecular formula is C62H107NO8. The first-order valence-corrected chi connectivity index (χ1v) is 28.7. The van der Waals surface area contributed by atoms with Crippen LogP contribution in [0.1, 0.15) is 232 Å². The third-order valence-corrected chi connectivity index (χ3v) is 12.1. The minimum absolute atomic E-state index is 0.143. The molecule has 9 heteroatoms. The number of aliphatic carboxylic acids is 1.